The second-order valence-corrected chi connectivity index (χ2v) is 2.33. The first-order chi connectivity index (χ1) is 5.43. The van der Waals surface area contributed by atoms with Crippen molar-refractivity contribution in [3.63, 3.8) is 0 Å². The van der Waals surface area contributed by atoms with Crippen LogP contribution in [0.15, 0.2) is 24.8 Å². The zero-order chi connectivity index (χ0) is 7.94. The van der Waals surface area contributed by atoms with Crippen molar-refractivity contribution in [3.05, 3.63) is 24.8 Å². The van der Waals surface area contributed by atoms with Gasteiger partial charge in [-0.2, -0.15) is 0 Å². The largest absolute Gasteiger partial charge is 0.381 e. The Labute approximate surface area is 66.4 Å². The lowest BCUT2D eigenvalue weighted by Gasteiger charge is -1.80. The van der Waals surface area contributed by atoms with E-state index in [1.807, 2.05) is 0 Å². The first-order valence-corrected chi connectivity index (χ1v) is 3.66. The lowest BCUT2D eigenvalue weighted by molar-refractivity contribution is 0.183. The molecule has 2 rings (SSSR count). The lowest BCUT2D eigenvalue weighted by Crippen LogP contribution is -1.79. The average Bonchev–Trinajstić information content (AvgIpc) is 2.91. The van der Waals surface area contributed by atoms with E-state index in [1.165, 1.54) is 12.8 Å². The number of ether oxygens (including phenoxy) is 1. The molecule has 0 unspecified atom stereocenters. The summed E-state index contributed by atoms with van der Waals surface area (Å²) < 4.78 is 4.86. The predicted octanol–water partition coefficient (Wildman–Crippen LogP) is 1.27. The van der Waals surface area contributed by atoms with Gasteiger partial charge in [0.1, 0.15) is 0 Å². The van der Waals surface area contributed by atoms with Crippen LogP contribution in [0.25, 0.3) is 0 Å². The Balaban J connectivity index is 0.000000112. The van der Waals surface area contributed by atoms with Crippen LogP contribution in [0.2, 0.25) is 0 Å². The normalized spacial score (nSPS) is 15.0. The van der Waals surface area contributed by atoms with Gasteiger partial charge < -0.3 is 4.74 Å². The van der Waals surface area contributed by atoms with Gasteiger partial charge in [-0.25, -0.2) is 0 Å². The number of methoxy groups -OCH3 is 1. The number of hydrogen-bond acceptors (Lipinski definition) is 3. The predicted molar refractivity (Wildman–Crippen MR) is 42.1 cm³/mol. The molecule has 1 aromatic rings. The van der Waals surface area contributed by atoms with Crippen LogP contribution in [0.5, 0.6) is 0 Å². The molecule has 1 fully saturated rings. The molecule has 1 heterocycles. The van der Waals surface area contributed by atoms with Crippen LogP contribution in [-0.2, 0) is 4.74 Å². The van der Waals surface area contributed by atoms with Crippen molar-refractivity contribution in [2.24, 2.45) is 0 Å². The molecule has 1 aliphatic carbocycles. The fourth-order valence-electron chi connectivity index (χ4n) is 0.557. The van der Waals surface area contributed by atoms with E-state index in [9.17, 15) is 0 Å². The maximum atomic E-state index is 4.86. The van der Waals surface area contributed by atoms with Crippen molar-refractivity contribution < 1.29 is 4.74 Å². The van der Waals surface area contributed by atoms with Crippen molar-refractivity contribution in [2.45, 2.75) is 18.9 Å². The van der Waals surface area contributed by atoms with Crippen molar-refractivity contribution in [2.75, 3.05) is 7.11 Å². The highest BCUT2D eigenvalue weighted by molar-refractivity contribution is 4.71. The zero-order valence-corrected chi connectivity index (χ0v) is 6.60. The number of aromatic nitrogens is 2. The summed E-state index contributed by atoms with van der Waals surface area (Å²) >= 11 is 0. The van der Waals surface area contributed by atoms with Gasteiger partial charge in [0.2, 0.25) is 0 Å². The molecule has 0 spiro atoms. The molecule has 1 aromatic heterocycles. The molecular weight excluding hydrogens is 140 g/mol. The van der Waals surface area contributed by atoms with Crippen molar-refractivity contribution in [3.8, 4) is 0 Å². The Morgan fingerprint density at radius 1 is 1.09 bits per heavy atom. The van der Waals surface area contributed by atoms with Crippen LogP contribution in [0.4, 0.5) is 0 Å². The third-order valence-corrected chi connectivity index (χ3v) is 1.34. The molecule has 0 atom stereocenters. The highest BCUT2D eigenvalue weighted by atomic mass is 16.5. The van der Waals surface area contributed by atoms with Gasteiger partial charge in [-0.3, -0.25) is 9.97 Å². The van der Waals surface area contributed by atoms with Crippen LogP contribution >= 0.6 is 0 Å². The first kappa shape index (κ1) is 8.14. The van der Waals surface area contributed by atoms with Gasteiger partial charge in [0.05, 0.1) is 6.10 Å². The minimum Gasteiger partial charge on any atom is -0.381 e. The van der Waals surface area contributed by atoms with E-state index in [1.54, 1.807) is 31.9 Å². The van der Waals surface area contributed by atoms with Gasteiger partial charge in [0.15, 0.2) is 0 Å². The molecule has 0 radical (unpaired) electrons. The van der Waals surface area contributed by atoms with E-state index in [0.29, 0.717) is 6.10 Å². The maximum Gasteiger partial charge on any atom is 0.0573 e. The monoisotopic (exact) mass is 152 g/mol. The summed E-state index contributed by atoms with van der Waals surface area (Å²) in [4.78, 5) is 7.44. The van der Waals surface area contributed by atoms with Crippen LogP contribution in [0.1, 0.15) is 12.8 Å². The van der Waals surface area contributed by atoms with Crippen LogP contribution in [-0.4, -0.2) is 23.2 Å². The third-order valence-electron chi connectivity index (χ3n) is 1.34. The molecule has 0 aliphatic heterocycles. The second kappa shape index (κ2) is 4.79. The molecule has 0 N–H and O–H groups in total. The molecule has 0 saturated heterocycles. The van der Waals surface area contributed by atoms with E-state index in [2.05, 4.69) is 9.97 Å². The summed E-state index contributed by atoms with van der Waals surface area (Å²) in [7, 11) is 1.76. The maximum absolute atomic E-state index is 4.86. The molecule has 1 saturated carbocycles. The van der Waals surface area contributed by atoms with Gasteiger partial charge in [-0.15, -0.1) is 0 Å². The summed E-state index contributed by atoms with van der Waals surface area (Å²) in [5, 5.41) is 0. The minimum atomic E-state index is 0.634. The van der Waals surface area contributed by atoms with E-state index in [-0.39, 0.29) is 0 Å². The molecule has 0 amide bonds. The van der Waals surface area contributed by atoms with Gasteiger partial charge in [0, 0.05) is 31.9 Å². The standard InChI is InChI=1S/C4H4N2.C4H8O/c1-2-6-4-3-5-1;1-5-4-2-3-4/h1-4H;4H,2-3H2,1H3. The lowest BCUT2D eigenvalue weighted by atomic mass is 10.8. The molecule has 1 aliphatic rings. The number of hydrogen-bond donors (Lipinski definition) is 0. The SMILES string of the molecule is COC1CC1.c1cnccn1. The second-order valence-electron chi connectivity index (χ2n) is 2.33. The van der Waals surface area contributed by atoms with E-state index >= 15 is 0 Å². The summed E-state index contributed by atoms with van der Waals surface area (Å²) in [6.45, 7) is 0. The fourth-order valence-corrected chi connectivity index (χ4v) is 0.557. The molecule has 11 heavy (non-hydrogen) atoms. The van der Waals surface area contributed by atoms with Crippen LogP contribution in [0, 0.1) is 0 Å². The third kappa shape index (κ3) is 4.44. The van der Waals surface area contributed by atoms with Crippen molar-refractivity contribution in [1.29, 1.82) is 0 Å². The Hall–Kier alpha value is -0.960. The summed E-state index contributed by atoms with van der Waals surface area (Å²) in [5.74, 6) is 0. The number of nitrogens with zero attached hydrogens (tertiary/aromatic N) is 2. The van der Waals surface area contributed by atoms with E-state index in [0.717, 1.165) is 0 Å². The Bertz CT molecular complexity index is 148. The zero-order valence-electron chi connectivity index (χ0n) is 6.60. The smallest absolute Gasteiger partial charge is 0.0573 e. The minimum absolute atomic E-state index is 0.634. The quantitative estimate of drug-likeness (QED) is 0.608. The summed E-state index contributed by atoms with van der Waals surface area (Å²) in [6, 6.07) is 0. The molecule has 0 aromatic carbocycles. The topological polar surface area (TPSA) is 35.0 Å². The average molecular weight is 152 g/mol. The molecule has 3 nitrogen and oxygen atoms in total. The van der Waals surface area contributed by atoms with Gasteiger partial charge in [0.25, 0.3) is 0 Å². The molecule has 0 bridgehead atoms. The molecule has 60 valence electrons. The Morgan fingerprint density at radius 2 is 1.55 bits per heavy atom. The molecule has 3 heteroatoms. The van der Waals surface area contributed by atoms with E-state index < -0.39 is 0 Å². The highest BCUT2D eigenvalue weighted by Crippen LogP contribution is 2.21. The van der Waals surface area contributed by atoms with Crippen LogP contribution in [0.3, 0.4) is 0 Å². The van der Waals surface area contributed by atoms with Crippen molar-refractivity contribution in [1.82, 2.24) is 9.97 Å². The van der Waals surface area contributed by atoms with Gasteiger partial charge in [-0.05, 0) is 12.8 Å². The van der Waals surface area contributed by atoms with Crippen LogP contribution < -0.4 is 0 Å². The molecular formula is C8H12N2O. The summed E-state index contributed by atoms with van der Waals surface area (Å²) in [5.41, 5.74) is 0. The van der Waals surface area contributed by atoms with E-state index in [4.69, 9.17) is 4.74 Å². The Morgan fingerprint density at radius 3 is 1.64 bits per heavy atom. The Kier molecular flexibility index (Phi) is 3.55. The van der Waals surface area contributed by atoms with Gasteiger partial charge in [-0.1, -0.05) is 0 Å². The van der Waals surface area contributed by atoms with Crippen molar-refractivity contribution >= 4 is 0 Å². The fraction of sp³-hybridized carbons (Fsp3) is 0.500. The van der Waals surface area contributed by atoms with Gasteiger partial charge >= 0.3 is 0 Å². The number of rotatable bonds is 1. The highest BCUT2D eigenvalue weighted by Gasteiger charge is 2.19. The first-order valence-electron chi connectivity index (χ1n) is 3.66. The summed E-state index contributed by atoms with van der Waals surface area (Å²) in [6.07, 6.45) is 9.77.